The molecule has 1 aromatic heterocycles. The van der Waals surface area contributed by atoms with Crippen LogP contribution in [0.3, 0.4) is 0 Å². The van der Waals surface area contributed by atoms with E-state index in [0.717, 1.165) is 41.6 Å². The summed E-state index contributed by atoms with van der Waals surface area (Å²) in [6, 6.07) is 15.1. The van der Waals surface area contributed by atoms with Crippen molar-refractivity contribution < 1.29 is 19.1 Å². The fourth-order valence-corrected chi connectivity index (χ4v) is 4.68. The molecule has 3 aromatic rings. The Morgan fingerprint density at radius 1 is 1.11 bits per heavy atom. The predicted molar refractivity (Wildman–Crippen MR) is 147 cm³/mol. The van der Waals surface area contributed by atoms with Crippen molar-refractivity contribution in [1.82, 2.24) is 25.5 Å². The summed E-state index contributed by atoms with van der Waals surface area (Å²) < 4.78 is 10.7. The maximum Gasteiger partial charge on any atom is 0.410 e. The second kappa shape index (κ2) is 12.2. The molecule has 1 atom stereocenters. The highest BCUT2D eigenvalue weighted by Gasteiger charge is 2.27. The highest BCUT2D eigenvalue weighted by molar-refractivity contribution is 5.76. The van der Waals surface area contributed by atoms with Gasteiger partial charge in [-0.2, -0.15) is 0 Å². The summed E-state index contributed by atoms with van der Waals surface area (Å²) in [5.74, 6) is 1.96. The van der Waals surface area contributed by atoms with Gasteiger partial charge in [-0.25, -0.2) is 14.6 Å². The molecule has 1 fully saturated rings. The Hall–Kier alpha value is -3.75. The van der Waals surface area contributed by atoms with Gasteiger partial charge >= 0.3 is 12.1 Å². The Morgan fingerprint density at radius 3 is 2.47 bits per heavy atom. The molecule has 2 aromatic carbocycles. The van der Waals surface area contributed by atoms with Crippen LogP contribution >= 0.6 is 0 Å². The van der Waals surface area contributed by atoms with Crippen LogP contribution in [0.1, 0.15) is 57.5 Å². The Bertz CT molecular complexity index is 1180. The number of urea groups is 1. The van der Waals surface area contributed by atoms with E-state index in [9.17, 15) is 9.59 Å². The molecule has 2 heterocycles. The van der Waals surface area contributed by atoms with Crippen LogP contribution in [0.4, 0.5) is 9.59 Å². The average molecular weight is 522 g/mol. The number of hydrogen-bond acceptors (Lipinski definition) is 5. The molecule has 1 aliphatic rings. The number of rotatable bonds is 8. The van der Waals surface area contributed by atoms with E-state index in [-0.39, 0.29) is 18.2 Å². The first-order valence-corrected chi connectivity index (χ1v) is 13.3. The van der Waals surface area contributed by atoms with Gasteiger partial charge in [-0.15, -0.1) is 0 Å². The average Bonchev–Trinajstić information content (AvgIpc) is 3.32. The number of carbonyl (C=O) groups excluding carboxylic acids is 2. The van der Waals surface area contributed by atoms with Crippen LogP contribution in [0, 0.1) is 5.92 Å². The fourth-order valence-electron chi connectivity index (χ4n) is 4.68. The van der Waals surface area contributed by atoms with Crippen molar-refractivity contribution in [2.75, 3.05) is 26.7 Å². The third-order valence-corrected chi connectivity index (χ3v) is 6.75. The summed E-state index contributed by atoms with van der Waals surface area (Å²) in [6.07, 6.45) is 3.01. The molecule has 9 heteroatoms. The van der Waals surface area contributed by atoms with Gasteiger partial charge in [0.1, 0.15) is 17.2 Å². The molecule has 38 heavy (non-hydrogen) atoms. The third kappa shape index (κ3) is 7.63. The van der Waals surface area contributed by atoms with Gasteiger partial charge in [0.15, 0.2) is 0 Å². The molecule has 4 rings (SSSR count). The van der Waals surface area contributed by atoms with Crippen molar-refractivity contribution in [3.05, 3.63) is 59.9 Å². The standard InChI is InChI=1S/C29H39N5O4/c1-29(2,3)38-28(36)34-17-14-20(15-18-34)13-16-30-27(35)33-25(19-21-9-11-22(37-4)12-10-21)26-31-23-7-5-6-8-24(23)32-26/h5-12,20,25H,13-19H2,1-4H3,(H,31,32)(H2,30,33,35). The lowest BCUT2D eigenvalue weighted by molar-refractivity contribution is 0.0182. The number of amides is 3. The molecule has 3 amide bonds. The zero-order chi connectivity index (χ0) is 27.1. The minimum absolute atomic E-state index is 0.227. The number of imidazole rings is 1. The largest absolute Gasteiger partial charge is 0.497 e. The second-order valence-electron chi connectivity index (χ2n) is 10.8. The number of H-pyrrole nitrogens is 1. The van der Waals surface area contributed by atoms with Gasteiger partial charge in [0.05, 0.1) is 24.2 Å². The zero-order valence-electron chi connectivity index (χ0n) is 22.8. The Kier molecular flexibility index (Phi) is 8.76. The first kappa shape index (κ1) is 27.3. The third-order valence-electron chi connectivity index (χ3n) is 6.75. The van der Waals surface area contributed by atoms with Crippen molar-refractivity contribution in [3.63, 3.8) is 0 Å². The van der Waals surface area contributed by atoms with Gasteiger partial charge in [-0.1, -0.05) is 24.3 Å². The maximum absolute atomic E-state index is 12.9. The van der Waals surface area contributed by atoms with Crippen LogP contribution in [0.25, 0.3) is 11.0 Å². The van der Waals surface area contributed by atoms with E-state index < -0.39 is 5.60 Å². The number of benzene rings is 2. The van der Waals surface area contributed by atoms with Crippen molar-refractivity contribution >= 4 is 23.2 Å². The fraction of sp³-hybridized carbons (Fsp3) is 0.483. The quantitative estimate of drug-likeness (QED) is 0.378. The Balaban J connectivity index is 1.30. The summed E-state index contributed by atoms with van der Waals surface area (Å²) in [5.41, 5.74) is 2.37. The van der Waals surface area contributed by atoms with Crippen molar-refractivity contribution in [1.29, 1.82) is 0 Å². The monoisotopic (exact) mass is 521 g/mol. The minimum atomic E-state index is -0.487. The van der Waals surface area contributed by atoms with Gasteiger partial charge in [0.25, 0.3) is 0 Å². The molecule has 1 saturated heterocycles. The van der Waals surface area contributed by atoms with Gasteiger partial charge in [-0.3, -0.25) is 0 Å². The lowest BCUT2D eigenvalue weighted by Crippen LogP contribution is -2.43. The SMILES string of the molecule is COc1ccc(CC(NC(=O)NCCC2CCN(C(=O)OC(C)(C)C)CC2)c2nc3ccccc3[nH]2)cc1. The molecule has 0 spiro atoms. The minimum Gasteiger partial charge on any atom is -0.497 e. The Morgan fingerprint density at radius 2 is 1.82 bits per heavy atom. The number of ether oxygens (including phenoxy) is 2. The number of aromatic nitrogens is 2. The number of nitrogens with one attached hydrogen (secondary N) is 3. The zero-order valence-corrected chi connectivity index (χ0v) is 22.8. The van der Waals surface area contributed by atoms with Crippen LogP contribution < -0.4 is 15.4 Å². The molecule has 0 saturated carbocycles. The van der Waals surface area contributed by atoms with E-state index in [4.69, 9.17) is 14.5 Å². The van der Waals surface area contributed by atoms with Crippen LogP contribution in [-0.4, -0.2) is 59.3 Å². The topological polar surface area (TPSA) is 109 Å². The van der Waals surface area contributed by atoms with E-state index >= 15 is 0 Å². The number of hydrogen-bond donors (Lipinski definition) is 3. The lowest BCUT2D eigenvalue weighted by atomic mass is 9.94. The van der Waals surface area contributed by atoms with E-state index in [1.165, 1.54) is 0 Å². The number of likely N-dealkylation sites (tertiary alicyclic amines) is 1. The molecule has 1 unspecified atom stereocenters. The number of para-hydroxylation sites is 2. The smallest absolute Gasteiger partial charge is 0.410 e. The molecule has 3 N–H and O–H groups in total. The van der Waals surface area contributed by atoms with Crippen LogP contribution in [0.2, 0.25) is 0 Å². The summed E-state index contributed by atoms with van der Waals surface area (Å²) >= 11 is 0. The van der Waals surface area contributed by atoms with E-state index in [1.54, 1.807) is 12.0 Å². The van der Waals surface area contributed by atoms with Gasteiger partial charge < -0.3 is 30.0 Å². The van der Waals surface area contributed by atoms with Gasteiger partial charge in [-0.05, 0) is 82.2 Å². The number of aromatic amines is 1. The normalized spacial score (nSPS) is 15.2. The molecule has 9 nitrogen and oxygen atoms in total. The molecule has 204 valence electrons. The van der Waals surface area contributed by atoms with Gasteiger partial charge in [0, 0.05) is 19.6 Å². The predicted octanol–water partition coefficient (Wildman–Crippen LogP) is 5.19. The van der Waals surface area contributed by atoms with Crippen LogP contribution in [0.5, 0.6) is 5.75 Å². The van der Waals surface area contributed by atoms with Crippen molar-refractivity contribution in [3.8, 4) is 5.75 Å². The summed E-state index contributed by atoms with van der Waals surface area (Å²) in [6.45, 7) is 7.57. The molecular weight excluding hydrogens is 482 g/mol. The number of carbonyl (C=O) groups is 2. The molecule has 0 bridgehead atoms. The summed E-state index contributed by atoms with van der Waals surface area (Å²) in [7, 11) is 1.64. The Labute approximate surface area is 224 Å². The summed E-state index contributed by atoms with van der Waals surface area (Å²) in [4.78, 5) is 35.0. The molecule has 0 radical (unpaired) electrons. The molecule has 0 aliphatic carbocycles. The summed E-state index contributed by atoms with van der Waals surface area (Å²) in [5, 5.41) is 6.12. The molecule has 1 aliphatic heterocycles. The van der Waals surface area contributed by atoms with Crippen LogP contribution in [-0.2, 0) is 11.2 Å². The first-order valence-electron chi connectivity index (χ1n) is 13.3. The number of methoxy groups -OCH3 is 1. The highest BCUT2D eigenvalue weighted by Crippen LogP contribution is 2.23. The van der Waals surface area contributed by atoms with Gasteiger partial charge in [0.2, 0.25) is 0 Å². The first-order chi connectivity index (χ1) is 18.2. The lowest BCUT2D eigenvalue weighted by Gasteiger charge is -2.33. The van der Waals surface area contributed by atoms with E-state index in [2.05, 4.69) is 15.6 Å². The van der Waals surface area contributed by atoms with E-state index in [0.29, 0.717) is 37.8 Å². The van der Waals surface area contributed by atoms with Crippen molar-refractivity contribution in [2.24, 2.45) is 5.92 Å². The number of fused-ring (bicyclic) bond motifs is 1. The maximum atomic E-state index is 12.9. The number of nitrogens with zero attached hydrogens (tertiary/aromatic N) is 2. The van der Waals surface area contributed by atoms with Crippen LogP contribution in [0.15, 0.2) is 48.5 Å². The second-order valence-corrected chi connectivity index (χ2v) is 10.8. The van der Waals surface area contributed by atoms with Crippen molar-refractivity contribution in [2.45, 2.75) is 58.1 Å². The van der Waals surface area contributed by atoms with E-state index in [1.807, 2.05) is 69.3 Å². The molecular formula is C29H39N5O4. The number of piperidine rings is 1. The highest BCUT2D eigenvalue weighted by atomic mass is 16.6.